The lowest BCUT2D eigenvalue weighted by atomic mass is 10.3. The summed E-state index contributed by atoms with van der Waals surface area (Å²) in [5.74, 6) is -1.25. The van der Waals surface area contributed by atoms with Gasteiger partial charge in [0, 0.05) is 7.05 Å². The van der Waals surface area contributed by atoms with E-state index in [1.54, 1.807) is 0 Å². The highest BCUT2D eigenvalue weighted by atomic mass is 35.5. The Morgan fingerprint density at radius 1 is 1.39 bits per heavy atom. The molecule has 0 aliphatic carbocycles. The number of carbonyl (C=O) groups is 1. The van der Waals surface area contributed by atoms with Crippen LogP contribution in [0.2, 0.25) is 10.0 Å². The van der Waals surface area contributed by atoms with Crippen LogP contribution in [0.15, 0.2) is 18.2 Å². The zero-order valence-electron chi connectivity index (χ0n) is 9.22. The number of likely N-dealkylation sites (N-methyl/N-ethyl adjacent to an activating group) is 1. The number of hydrogen-bond acceptors (Lipinski definition) is 3. The molecule has 0 aromatic heterocycles. The quantitative estimate of drug-likeness (QED) is 0.865. The van der Waals surface area contributed by atoms with Gasteiger partial charge in [0.15, 0.2) is 0 Å². The van der Waals surface area contributed by atoms with Crippen molar-refractivity contribution in [3.05, 3.63) is 28.2 Å². The van der Waals surface area contributed by atoms with Gasteiger partial charge in [0.05, 0.1) is 15.7 Å². The number of benzene rings is 1. The molecule has 18 heavy (non-hydrogen) atoms. The minimum atomic E-state index is -3.94. The third-order valence-electron chi connectivity index (χ3n) is 1.93. The molecule has 0 unspecified atom stereocenters. The molecule has 0 spiro atoms. The average Bonchev–Trinajstić information content (AvgIpc) is 2.22. The molecule has 1 rings (SSSR count). The van der Waals surface area contributed by atoms with Crippen molar-refractivity contribution in [1.29, 1.82) is 0 Å². The summed E-state index contributed by atoms with van der Waals surface area (Å²) in [5.41, 5.74) is 0.196. The summed E-state index contributed by atoms with van der Waals surface area (Å²) in [6.45, 7) is -0.642. The molecule has 0 bridgehead atoms. The molecular weight excluding hydrogens is 303 g/mol. The van der Waals surface area contributed by atoms with Gasteiger partial charge in [0.2, 0.25) is 0 Å². The molecule has 0 atom stereocenters. The zero-order valence-corrected chi connectivity index (χ0v) is 11.6. The largest absolute Gasteiger partial charge is 0.480 e. The average molecular weight is 313 g/mol. The fraction of sp³-hybridized carbons (Fsp3) is 0.222. The maximum absolute atomic E-state index is 11.7. The molecule has 0 fully saturated rings. The molecule has 0 radical (unpaired) electrons. The molecule has 1 aromatic rings. The predicted molar refractivity (Wildman–Crippen MR) is 69.3 cm³/mol. The summed E-state index contributed by atoms with van der Waals surface area (Å²) in [4.78, 5) is 10.4. The SMILES string of the molecule is CN(CC(=O)O)S(=O)(=O)Nc1ccc(Cl)c(Cl)c1. The molecule has 0 saturated carbocycles. The van der Waals surface area contributed by atoms with E-state index in [1.807, 2.05) is 0 Å². The van der Waals surface area contributed by atoms with Gasteiger partial charge >= 0.3 is 16.2 Å². The number of hydrogen-bond donors (Lipinski definition) is 2. The maximum atomic E-state index is 11.7. The van der Waals surface area contributed by atoms with Gasteiger partial charge in [-0.25, -0.2) is 0 Å². The first-order valence-electron chi connectivity index (χ1n) is 4.63. The van der Waals surface area contributed by atoms with Gasteiger partial charge in [0.1, 0.15) is 6.54 Å². The third kappa shape index (κ3) is 4.02. The van der Waals surface area contributed by atoms with Crippen molar-refractivity contribution in [2.24, 2.45) is 0 Å². The molecule has 0 aliphatic heterocycles. The summed E-state index contributed by atoms with van der Waals surface area (Å²) in [6, 6.07) is 4.18. The Hall–Kier alpha value is -1.02. The maximum Gasteiger partial charge on any atom is 0.318 e. The lowest BCUT2D eigenvalue weighted by Gasteiger charge is -2.16. The fourth-order valence-corrected chi connectivity index (χ4v) is 2.22. The van der Waals surface area contributed by atoms with Gasteiger partial charge in [-0.1, -0.05) is 23.2 Å². The van der Waals surface area contributed by atoms with Crippen molar-refractivity contribution in [1.82, 2.24) is 4.31 Å². The van der Waals surface area contributed by atoms with Crippen LogP contribution in [-0.2, 0) is 15.0 Å². The minimum absolute atomic E-state index is 0.192. The van der Waals surface area contributed by atoms with E-state index in [0.717, 1.165) is 7.05 Å². The van der Waals surface area contributed by atoms with E-state index in [9.17, 15) is 13.2 Å². The first kappa shape index (κ1) is 15.0. The van der Waals surface area contributed by atoms with Gasteiger partial charge in [-0.2, -0.15) is 12.7 Å². The van der Waals surface area contributed by atoms with Crippen molar-refractivity contribution in [3.63, 3.8) is 0 Å². The van der Waals surface area contributed by atoms with Crippen LogP contribution < -0.4 is 4.72 Å². The predicted octanol–water partition coefficient (Wildman–Crippen LogP) is 1.67. The number of halogens is 2. The second-order valence-electron chi connectivity index (χ2n) is 3.39. The summed E-state index contributed by atoms with van der Waals surface area (Å²) >= 11 is 11.4. The van der Waals surface area contributed by atoms with Gasteiger partial charge < -0.3 is 5.11 Å². The van der Waals surface area contributed by atoms with Crippen molar-refractivity contribution in [3.8, 4) is 0 Å². The molecule has 0 saturated heterocycles. The number of anilines is 1. The molecule has 0 amide bonds. The van der Waals surface area contributed by atoms with E-state index in [4.69, 9.17) is 28.3 Å². The number of carboxylic acids is 1. The number of aliphatic carboxylic acids is 1. The smallest absolute Gasteiger partial charge is 0.318 e. The van der Waals surface area contributed by atoms with Crippen LogP contribution in [0.1, 0.15) is 0 Å². The van der Waals surface area contributed by atoms with Gasteiger partial charge in [-0.05, 0) is 18.2 Å². The van der Waals surface area contributed by atoms with Crippen LogP contribution in [0.5, 0.6) is 0 Å². The van der Waals surface area contributed by atoms with Crippen LogP contribution >= 0.6 is 23.2 Å². The highest BCUT2D eigenvalue weighted by molar-refractivity contribution is 7.90. The third-order valence-corrected chi connectivity index (χ3v) is 4.12. The highest BCUT2D eigenvalue weighted by Crippen LogP contribution is 2.25. The Balaban J connectivity index is 2.88. The van der Waals surface area contributed by atoms with Crippen molar-refractivity contribution in [2.75, 3.05) is 18.3 Å². The van der Waals surface area contributed by atoms with Gasteiger partial charge in [-0.15, -0.1) is 0 Å². The Morgan fingerprint density at radius 2 is 2.00 bits per heavy atom. The topological polar surface area (TPSA) is 86.7 Å². The lowest BCUT2D eigenvalue weighted by molar-refractivity contribution is -0.137. The van der Waals surface area contributed by atoms with Gasteiger partial charge in [0.25, 0.3) is 0 Å². The van der Waals surface area contributed by atoms with Crippen LogP contribution in [0.25, 0.3) is 0 Å². The molecule has 1 aromatic carbocycles. The van der Waals surface area contributed by atoms with E-state index in [1.165, 1.54) is 18.2 Å². The highest BCUT2D eigenvalue weighted by Gasteiger charge is 2.20. The van der Waals surface area contributed by atoms with Crippen LogP contribution in [0, 0.1) is 0 Å². The molecular formula is C9H10Cl2N2O4S. The molecule has 0 aliphatic rings. The normalized spacial score (nSPS) is 11.6. The first-order valence-corrected chi connectivity index (χ1v) is 6.83. The lowest BCUT2D eigenvalue weighted by Crippen LogP contribution is -2.36. The Kier molecular flexibility index (Phi) is 4.80. The molecule has 9 heteroatoms. The first-order chi connectivity index (χ1) is 8.22. The number of carboxylic acid groups (broad SMARTS) is 1. The fourth-order valence-electron chi connectivity index (χ4n) is 1.06. The summed E-state index contributed by atoms with van der Waals surface area (Å²) in [5, 5.41) is 9.00. The van der Waals surface area contributed by atoms with Crippen molar-refractivity contribution in [2.45, 2.75) is 0 Å². The summed E-state index contributed by atoms with van der Waals surface area (Å²) in [6.07, 6.45) is 0. The summed E-state index contributed by atoms with van der Waals surface area (Å²) < 4.78 is 26.3. The zero-order chi connectivity index (χ0) is 13.9. The van der Waals surface area contributed by atoms with Gasteiger partial charge in [-0.3, -0.25) is 9.52 Å². The minimum Gasteiger partial charge on any atom is -0.480 e. The second kappa shape index (κ2) is 5.75. The van der Waals surface area contributed by atoms with E-state index in [0.29, 0.717) is 9.33 Å². The number of nitrogens with zero attached hydrogens (tertiary/aromatic N) is 1. The van der Waals surface area contributed by atoms with Crippen LogP contribution in [0.4, 0.5) is 5.69 Å². The molecule has 0 heterocycles. The Bertz CT molecular complexity index is 562. The standard InChI is InChI=1S/C9H10Cl2N2O4S/c1-13(5-9(14)15)18(16,17)12-6-2-3-7(10)8(11)4-6/h2-4,12H,5H2,1H3,(H,14,15). The molecule has 100 valence electrons. The Morgan fingerprint density at radius 3 is 2.50 bits per heavy atom. The van der Waals surface area contributed by atoms with Crippen molar-refractivity contribution >= 4 is 45.1 Å². The summed E-state index contributed by atoms with van der Waals surface area (Å²) in [7, 11) is -2.79. The van der Waals surface area contributed by atoms with Crippen LogP contribution in [0.3, 0.4) is 0 Å². The molecule has 2 N–H and O–H groups in total. The monoisotopic (exact) mass is 312 g/mol. The number of nitrogens with one attached hydrogen (secondary N) is 1. The van der Waals surface area contributed by atoms with E-state index in [-0.39, 0.29) is 10.7 Å². The molecule has 6 nitrogen and oxygen atoms in total. The van der Waals surface area contributed by atoms with E-state index < -0.39 is 22.7 Å². The van der Waals surface area contributed by atoms with E-state index >= 15 is 0 Å². The number of rotatable bonds is 5. The second-order valence-corrected chi connectivity index (χ2v) is 5.98. The van der Waals surface area contributed by atoms with Crippen LogP contribution in [-0.4, -0.2) is 37.4 Å². The van der Waals surface area contributed by atoms with E-state index in [2.05, 4.69) is 4.72 Å². The Labute approximate surface area is 114 Å². The van der Waals surface area contributed by atoms with Crippen molar-refractivity contribution < 1.29 is 18.3 Å².